The largest absolute Gasteiger partial charge is 0.331 e. The molecule has 5 rings (SSSR count). The molecule has 0 aromatic heterocycles. The van der Waals surface area contributed by atoms with Crippen LogP contribution in [0.4, 0.5) is 10.5 Å². The van der Waals surface area contributed by atoms with Gasteiger partial charge < -0.3 is 10.6 Å². The average molecular weight is 526 g/mol. The Morgan fingerprint density at radius 2 is 1.47 bits per heavy atom. The minimum absolute atomic E-state index is 0.0686. The monoisotopic (exact) mass is 525 g/mol. The van der Waals surface area contributed by atoms with E-state index in [9.17, 15) is 13.2 Å². The third kappa shape index (κ3) is 6.30. The standard InChI is InChI=1S/C31H31N3O3S/c1-23(26-10-6-3-7-11-26)32-31(35)33-29-14-16-30(17-15-29)38(36,37)22-25-12-13-27-20-34(21-28(27)18-25)19-24-8-4-2-5-9-24/h2-18,23H,19-22H2,1H3,(H2,32,33,35). The lowest BCUT2D eigenvalue weighted by Crippen LogP contribution is -2.31. The molecular weight excluding hydrogens is 494 g/mol. The smallest absolute Gasteiger partial charge is 0.319 e. The number of sulfone groups is 1. The second-order valence-corrected chi connectivity index (χ2v) is 11.7. The fraction of sp³-hybridized carbons (Fsp3) is 0.194. The number of benzene rings is 4. The van der Waals surface area contributed by atoms with Crippen molar-refractivity contribution in [3.63, 3.8) is 0 Å². The molecular formula is C31H31N3O3S. The van der Waals surface area contributed by atoms with Gasteiger partial charge in [-0.25, -0.2) is 13.2 Å². The second kappa shape index (κ2) is 11.2. The van der Waals surface area contributed by atoms with E-state index in [1.54, 1.807) is 24.3 Å². The number of carbonyl (C=O) groups excluding carboxylic acids is 1. The number of amides is 2. The predicted octanol–water partition coefficient (Wildman–Crippen LogP) is 6.06. The summed E-state index contributed by atoms with van der Waals surface area (Å²) in [6.07, 6.45) is 0. The molecule has 194 valence electrons. The van der Waals surface area contributed by atoms with Crippen molar-refractivity contribution >= 4 is 21.6 Å². The Kier molecular flexibility index (Phi) is 7.58. The van der Waals surface area contributed by atoms with Gasteiger partial charge in [-0.15, -0.1) is 0 Å². The Labute approximate surface area is 224 Å². The van der Waals surface area contributed by atoms with E-state index in [0.717, 1.165) is 30.8 Å². The second-order valence-electron chi connectivity index (χ2n) is 9.75. The Balaban J connectivity index is 1.18. The lowest BCUT2D eigenvalue weighted by atomic mass is 10.1. The lowest BCUT2D eigenvalue weighted by Gasteiger charge is -2.15. The van der Waals surface area contributed by atoms with Crippen molar-refractivity contribution in [1.29, 1.82) is 0 Å². The molecule has 0 aliphatic carbocycles. The zero-order chi connectivity index (χ0) is 26.5. The number of nitrogens with zero attached hydrogens (tertiary/aromatic N) is 1. The van der Waals surface area contributed by atoms with E-state index in [1.165, 1.54) is 16.7 Å². The maximum Gasteiger partial charge on any atom is 0.319 e. The summed E-state index contributed by atoms with van der Waals surface area (Å²) in [4.78, 5) is 15.0. The Morgan fingerprint density at radius 1 is 0.816 bits per heavy atom. The lowest BCUT2D eigenvalue weighted by molar-refractivity contribution is 0.249. The van der Waals surface area contributed by atoms with Gasteiger partial charge in [0.15, 0.2) is 9.84 Å². The summed E-state index contributed by atoms with van der Waals surface area (Å²) in [7, 11) is -3.54. The first-order valence-corrected chi connectivity index (χ1v) is 14.3. The number of fused-ring (bicyclic) bond motifs is 1. The van der Waals surface area contributed by atoms with Crippen molar-refractivity contribution in [2.45, 2.75) is 43.2 Å². The van der Waals surface area contributed by atoms with Crippen LogP contribution in [0.25, 0.3) is 0 Å². The molecule has 0 saturated heterocycles. The highest BCUT2D eigenvalue weighted by Crippen LogP contribution is 2.27. The molecule has 1 atom stereocenters. The van der Waals surface area contributed by atoms with E-state index < -0.39 is 9.84 Å². The van der Waals surface area contributed by atoms with E-state index in [-0.39, 0.29) is 22.7 Å². The highest BCUT2D eigenvalue weighted by Gasteiger charge is 2.21. The van der Waals surface area contributed by atoms with E-state index >= 15 is 0 Å². The molecule has 0 saturated carbocycles. The Morgan fingerprint density at radius 3 is 2.18 bits per heavy atom. The maximum atomic E-state index is 13.1. The molecule has 4 aromatic carbocycles. The SMILES string of the molecule is CC(NC(=O)Nc1ccc(S(=O)(=O)Cc2ccc3c(c2)CN(Cc2ccccc2)C3)cc1)c1ccccc1. The minimum atomic E-state index is -3.54. The summed E-state index contributed by atoms with van der Waals surface area (Å²) in [5.41, 5.74) is 6.00. The highest BCUT2D eigenvalue weighted by atomic mass is 32.2. The first-order chi connectivity index (χ1) is 18.4. The number of hydrogen-bond acceptors (Lipinski definition) is 4. The van der Waals surface area contributed by atoms with Crippen molar-refractivity contribution in [1.82, 2.24) is 10.2 Å². The zero-order valence-electron chi connectivity index (χ0n) is 21.3. The van der Waals surface area contributed by atoms with Crippen molar-refractivity contribution in [3.8, 4) is 0 Å². The van der Waals surface area contributed by atoms with Gasteiger partial charge in [-0.05, 0) is 59.0 Å². The molecule has 6 nitrogen and oxygen atoms in total. The average Bonchev–Trinajstić information content (AvgIpc) is 3.31. The van der Waals surface area contributed by atoms with Crippen LogP contribution in [0.15, 0.2) is 108 Å². The van der Waals surface area contributed by atoms with E-state index in [2.05, 4.69) is 27.7 Å². The summed E-state index contributed by atoms with van der Waals surface area (Å²) in [6, 6.07) is 31.8. The fourth-order valence-corrected chi connectivity index (χ4v) is 6.13. The third-order valence-electron chi connectivity index (χ3n) is 6.78. The number of anilines is 1. The van der Waals surface area contributed by atoms with Gasteiger partial charge in [-0.2, -0.15) is 0 Å². The van der Waals surface area contributed by atoms with Crippen LogP contribution in [0.2, 0.25) is 0 Å². The predicted molar refractivity (Wildman–Crippen MR) is 150 cm³/mol. The molecule has 4 aromatic rings. The van der Waals surface area contributed by atoms with Crippen molar-refractivity contribution in [2.24, 2.45) is 0 Å². The normalized spacial score (nSPS) is 14.0. The molecule has 0 spiro atoms. The van der Waals surface area contributed by atoms with Crippen molar-refractivity contribution in [3.05, 3.63) is 131 Å². The van der Waals surface area contributed by atoms with E-state index in [1.807, 2.05) is 73.7 Å². The van der Waals surface area contributed by atoms with Crippen molar-refractivity contribution in [2.75, 3.05) is 5.32 Å². The number of urea groups is 1. The number of hydrogen-bond donors (Lipinski definition) is 2. The molecule has 7 heteroatoms. The summed E-state index contributed by atoms with van der Waals surface area (Å²) in [5, 5.41) is 5.66. The molecule has 0 radical (unpaired) electrons. The fourth-order valence-electron chi connectivity index (χ4n) is 4.80. The molecule has 2 amide bonds. The van der Waals surface area contributed by atoms with Gasteiger partial charge in [0.25, 0.3) is 0 Å². The highest BCUT2D eigenvalue weighted by molar-refractivity contribution is 7.90. The van der Waals surface area contributed by atoms with Crippen LogP contribution >= 0.6 is 0 Å². The van der Waals surface area contributed by atoms with Crippen LogP contribution in [0.3, 0.4) is 0 Å². The van der Waals surface area contributed by atoms with Gasteiger partial charge in [-0.1, -0.05) is 78.9 Å². The van der Waals surface area contributed by atoms with Gasteiger partial charge in [0.05, 0.1) is 16.7 Å². The van der Waals surface area contributed by atoms with Crippen LogP contribution < -0.4 is 10.6 Å². The first kappa shape index (κ1) is 25.7. The zero-order valence-corrected chi connectivity index (χ0v) is 22.1. The maximum absolute atomic E-state index is 13.1. The summed E-state index contributed by atoms with van der Waals surface area (Å²) in [5.74, 6) is -0.0686. The van der Waals surface area contributed by atoms with Gasteiger partial charge in [0, 0.05) is 25.3 Å². The topological polar surface area (TPSA) is 78.5 Å². The summed E-state index contributed by atoms with van der Waals surface area (Å²) >= 11 is 0. The van der Waals surface area contributed by atoms with E-state index in [0.29, 0.717) is 5.69 Å². The van der Waals surface area contributed by atoms with Crippen LogP contribution in [0.5, 0.6) is 0 Å². The molecule has 0 bridgehead atoms. The van der Waals surface area contributed by atoms with Gasteiger partial charge in [-0.3, -0.25) is 4.90 Å². The van der Waals surface area contributed by atoms with Crippen LogP contribution in [-0.2, 0) is 35.2 Å². The molecule has 1 aliphatic heterocycles. The van der Waals surface area contributed by atoms with Gasteiger partial charge in [0.1, 0.15) is 0 Å². The molecule has 1 unspecified atom stereocenters. The summed E-state index contributed by atoms with van der Waals surface area (Å²) < 4.78 is 26.3. The molecule has 1 aliphatic rings. The first-order valence-electron chi connectivity index (χ1n) is 12.7. The van der Waals surface area contributed by atoms with E-state index in [4.69, 9.17) is 0 Å². The van der Waals surface area contributed by atoms with Gasteiger partial charge >= 0.3 is 6.03 Å². The number of carbonyl (C=O) groups is 1. The van der Waals surface area contributed by atoms with Crippen molar-refractivity contribution < 1.29 is 13.2 Å². The molecule has 2 N–H and O–H groups in total. The number of rotatable bonds is 8. The van der Waals surface area contributed by atoms with Gasteiger partial charge in [0.2, 0.25) is 0 Å². The quantitative estimate of drug-likeness (QED) is 0.293. The summed E-state index contributed by atoms with van der Waals surface area (Å²) in [6.45, 7) is 4.45. The molecule has 0 fully saturated rings. The molecule has 38 heavy (non-hydrogen) atoms. The minimum Gasteiger partial charge on any atom is -0.331 e. The Hall–Kier alpha value is -3.94. The Bertz CT molecular complexity index is 1510. The van der Waals surface area contributed by atoms with Crippen LogP contribution in [0, 0.1) is 0 Å². The third-order valence-corrected chi connectivity index (χ3v) is 8.49. The van der Waals surface area contributed by atoms with Crippen LogP contribution in [-0.4, -0.2) is 19.3 Å². The number of nitrogens with one attached hydrogen (secondary N) is 2. The molecule has 1 heterocycles. The van der Waals surface area contributed by atoms with Crippen LogP contribution in [0.1, 0.15) is 40.8 Å².